The molecule has 3 aromatic rings. The van der Waals surface area contributed by atoms with Crippen molar-refractivity contribution in [2.75, 3.05) is 0 Å². The fourth-order valence-electron chi connectivity index (χ4n) is 1.93. The largest absolute Gasteiger partial charge is 0.338 e. The van der Waals surface area contributed by atoms with Gasteiger partial charge in [0.1, 0.15) is 23.2 Å². The van der Waals surface area contributed by atoms with Crippen LogP contribution in [-0.2, 0) is 0 Å². The van der Waals surface area contributed by atoms with Gasteiger partial charge in [-0.2, -0.15) is 5.26 Å². The molecule has 92 valence electrons. The summed E-state index contributed by atoms with van der Waals surface area (Å²) in [5.74, 6) is -0.0559. The molecule has 0 saturated heterocycles. The standard InChI is InChI=1S/C14H7ClFN3/c15-9-4-5-11(16)10(6-9)14-18-12-3-1-2-8(7-17)13(12)19-14/h1-6H,(H,18,19). The molecule has 0 radical (unpaired) electrons. The molecule has 5 heteroatoms. The van der Waals surface area contributed by atoms with E-state index in [1.54, 1.807) is 18.2 Å². The molecule has 0 atom stereocenters. The van der Waals surface area contributed by atoms with Crippen LogP contribution in [0.15, 0.2) is 36.4 Å². The van der Waals surface area contributed by atoms with Gasteiger partial charge in [-0.25, -0.2) is 9.37 Å². The first-order valence-corrected chi connectivity index (χ1v) is 5.91. The van der Waals surface area contributed by atoms with Crippen LogP contribution in [0.4, 0.5) is 4.39 Å². The van der Waals surface area contributed by atoms with Crippen molar-refractivity contribution >= 4 is 22.6 Å². The van der Waals surface area contributed by atoms with Crippen molar-refractivity contribution in [2.45, 2.75) is 0 Å². The Hall–Kier alpha value is -2.38. The number of aromatic nitrogens is 2. The van der Waals surface area contributed by atoms with Gasteiger partial charge < -0.3 is 4.98 Å². The number of fused-ring (bicyclic) bond motifs is 1. The van der Waals surface area contributed by atoms with Gasteiger partial charge in [0.25, 0.3) is 0 Å². The first-order chi connectivity index (χ1) is 9.19. The zero-order chi connectivity index (χ0) is 13.4. The van der Waals surface area contributed by atoms with Crippen molar-refractivity contribution in [2.24, 2.45) is 0 Å². The molecule has 1 aromatic heterocycles. The van der Waals surface area contributed by atoms with Crippen LogP contribution in [0.5, 0.6) is 0 Å². The SMILES string of the molecule is N#Cc1cccc2[nH]c(-c3cc(Cl)ccc3F)nc12. The van der Waals surface area contributed by atoms with Crippen molar-refractivity contribution in [3.8, 4) is 17.5 Å². The molecule has 0 bridgehead atoms. The third kappa shape index (κ3) is 1.94. The van der Waals surface area contributed by atoms with E-state index < -0.39 is 5.82 Å². The number of para-hydroxylation sites is 1. The van der Waals surface area contributed by atoms with Crippen LogP contribution in [-0.4, -0.2) is 9.97 Å². The highest BCUT2D eigenvalue weighted by Gasteiger charge is 2.12. The number of nitrogens with one attached hydrogen (secondary N) is 1. The molecular formula is C14H7ClFN3. The molecule has 3 rings (SSSR count). The van der Waals surface area contributed by atoms with Crippen molar-refractivity contribution in [1.82, 2.24) is 9.97 Å². The van der Waals surface area contributed by atoms with Crippen molar-refractivity contribution in [3.63, 3.8) is 0 Å². The lowest BCUT2D eigenvalue weighted by Crippen LogP contribution is -1.86. The van der Waals surface area contributed by atoms with E-state index in [2.05, 4.69) is 16.0 Å². The molecule has 0 amide bonds. The van der Waals surface area contributed by atoms with E-state index in [1.807, 2.05) is 0 Å². The van der Waals surface area contributed by atoms with Gasteiger partial charge in [0.2, 0.25) is 0 Å². The maximum Gasteiger partial charge on any atom is 0.141 e. The summed E-state index contributed by atoms with van der Waals surface area (Å²) in [7, 11) is 0. The number of rotatable bonds is 1. The monoisotopic (exact) mass is 271 g/mol. The third-order valence-corrected chi connectivity index (χ3v) is 3.05. The molecule has 0 spiro atoms. The molecule has 0 aliphatic heterocycles. The van der Waals surface area contributed by atoms with Gasteiger partial charge in [0, 0.05) is 5.02 Å². The number of halogens is 2. The molecule has 1 heterocycles. The summed E-state index contributed by atoms with van der Waals surface area (Å²) >= 11 is 5.86. The molecule has 0 unspecified atom stereocenters. The second-order valence-corrected chi connectivity index (χ2v) is 4.46. The second-order valence-electron chi connectivity index (χ2n) is 4.02. The highest BCUT2D eigenvalue weighted by Crippen LogP contribution is 2.26. The second kappa shape index (κ2) is 4.38. The Kier molecular flexibility index (Phi) is 2.69. The maximum absolute atomic E-state index is 13.8. The van der Waals surface area contributed by atoms with E-state index in [-0.39, 0.29) is 5.56 Å². The number of hydrogen-bond acceptors (Lipinski definition) is 2. The van der Waals surface area contributed by atoms with Crippen molar-refractivity contribution in [1.29, 1.82) is 5.26 Å². The fourth-order valence-corrected chi connectivity index (χ4v) is 2.10. The van der Waals surface area contributed by atoms with Gasteiger partial charge in [-0.05, 0) is 30.3 Å². The Balaban J connectivity index is 2.27. The average molecular weight is 272 g/mol. The Bertz CT molecular complexity index is 817. The van der Waals surface area contributed by atoms with Crippen LogP contribution in [0.3, 0.4) is 0 Å². The van der Waals surface area contributed by atoms with Gasteiger partial charge in [-0.3, -0.25) is 0 Å². The predicted octanol–water partition coefficient (Wildman–Crippen LogP) is 3.89. The molecule has 0 fully saturated rings. The average Bonchev–Trinajstić information content (AvgIpc) is 2.85. The summed E-state index contributed by atoms with van der Waals surface area (Å²) in [5, 5.41) is 9.44. The Morgan fingerprint density at radius 2 is 2.11 bits per heavy atom. The van der Waals surface area contributed by atoms with Crippen LogP contribution in [0.25, 0.3) is 22.4 Å². The van der Waals surface area contributed by atoms with E-state index in [0.717, 1.165) is 0 Å². The van der Waals surface area contributed by atoms with Gasteiger partial charge >= 0.3 is 0 Å². The van der Waals surface area contributed by atoms with Gasteiger partial charge in [-0.15, -0.1) is 0 Å². The third-order valence-electron chi connectivity index (χ3n) is 2.82. The van der Waals surface area contributed by atoms with E-state index in [0.29, 0.717) is 27.4 Å². The molecule has 3 nitrogen and oxygen atoms in total. The molecule has 0 aliphatic rings. The van der Waals surface area contributed by atoms with Gasteiger partial charge in [0.05, 0.1) is 16.6 Å². The minimum Gasteiger partial charge on any atom is -0.338 e. The number of nitriles is 1. The van der Waals surface area contributed by atoms with E-state index in [1.165, 1.54) is 18.2 Å². The van der Waals surface area contributed by atoms with Crippen LogP contribution in [0.1, 0.15) is 5.56 Å². The fraction of sp³-hybridized carbons (Fsp3) is 0. The minimum absolute atomic E-state index is 0.285. The topological polar surface area (TPSA) is 52.5 Å². The maximum atomic E-state index is 13.8. The summed E-state index contributed by atoms with van der Waals surface area (Å²) in [6, 6.07) is 11.5. The lowest BCUT2D eigenvalue weighted by molar-refractivity contribution is 0.630. The molecule has 1 N–H and O–H groups in total. The van der Waals surface area contributed by atoms with Crippen molar-refractivity contribution < 1.29 is 4.39 Å². The van der Waals surface area contributed by atoms with Crippen LogP contribution < -0.4 is 0 Å². The normalized spacial score (nSPS) is 10.6. The number of hydrogen-bond donors (Lipinski definition) is 1. The summed E-state index contributed by atoms with van der Waals surface area (Å²) < 4.78 is 13.8. The highest BCUT2D eigenvalue weighted by atomic mass is 35.5. The number of benzene rings is 2. The molecule has 0 saturated carbocycles. The smallest absolute Gasteiger partial charge is 0.141 e. The van der Waals surface area contributed by atoms with E-state index in [9.17, 15) is 4.39 Å². The summed E-state index contributed by atoms with van der Waals surface area (Å²) in [6.45, 7) is 0. The summed E-state index contributed by atoms with van der Waals surface area (Å²) in [5.41, 5.74) is 1.95. The number of H-pyrrole nitrogens is 1. The minimum atomic E-state index is -0.415. The van der Waals surface area contributed by atoms with Crippen LogP contribution in [0.2, 0.25) is 5.02 Å². The quantitative estimate of drug-likeness (QED) is 0.730. The van der Waals surface area contributed by atoms with Crippen LogP contribution >= 0.6 is 11.6 Å². The zero-order valence-electron chi connectivity index (χ0n) is 9.61. The predicted molar refractivity (Wildman–Crippen MR) is 71.2 cm³/mol. The Labute approximate surface area is 113 Å². The van der Waals surface area contributed by atoms with Crippen molar-refractivity contribution in [3.05, 3.63) is 52.8 Å². The Morgan fingerprint density at radius 3 is 2.89 bits per heavy atom. The van der Waals surface area contributed by atoms with Gasteiger partial charge in [-0.1, -0.05) is 17.7 Å². The highest BCUT2D eigenvalue weighted by molar-refractivity contribution is 6.30. The summed E-state index contributed by atoms with van der Waals surface area (Å²) in [4.78, 5) is 7.27. The molecular weight excluding hydrogens is 265 g/mol. The number of nitrogens with zero attached hydrogens (tertiary/aromatic N) is 2. The summed E-state index contributed by atoms with van der Waals surface area (Å²) in [6.07, 6.45) is 0. The van der Waals surface area contributed by atoms with Crippen LogP contribution in [0, 0.1) is 17.1 Å². The van der Waals surface area contributed by atoms with E-state index in [4.69, 9.17) is 16.9 Å². The zero-order valence-corrected chi connectivity index (χ0v) is 10.4. The lowest BCUT2D eigenvalue weighted by atomic mass is 10.2. The lowest BCUT2D eigenvalue weighted by Gasteiger charge is -1.99. The first kappa shape index (κ1) is 11.7. The number of imidazole rings is 1. The molecule has 19 heavy (non-hydrogen) atoms. The number of aromatic amines is 1. The first-order valence-electron chi connectivity index (χ1n) is 5.53. The van der Waals surface area contributed by atoms with Gasteiger partial charge in [0.15, 0.2) is 0 Å². The Morgan fingerprint density at radius 1 is 1.26 bits per heavy atom. The van der Waals surface area contributed by atoms with E-state index >= 15 is 0 Å². The molecule has 0 aliphatic carbocycles. The molecule has 2 aromatic carbocycles.